The van der Waals surface area contributed by atoms with Crippen LogP contribution in [0.25, 0.3) is 0 Å². The Bertz CT molecular complexity index is 313. The molecule has 0 radical (unpaired) electrons. The Kier molecular flexibility index (Phi) is 6.29. The molecule has 0 amide bonds. The van der Waals surface area contributed by atoms with Gasteiger partial charge in [0.25, 0.3) is 0 Å². The number of rotatable bonds is 7. The van der Waals surface area contributed by atoms with E-state index in [1.165, 1.54) is 18.4 Å². The van der Waals surface area contributed by atoms with Gasteiger partial charge in [-0.1, -0.05) is 43.7 Å². The number of hydrogen-bond donors (Lipinski definition) is 1. The minimum Gasteiger partial charge on any atom is -0.313 e. The van der Waals surface area contributed by atoms with Crippen LogP contribution in [0.1, 0.15) is 31.7 Å². The van der Waals surface area contributed by atoms with Crippen LogP contribution in [0.3, 0.4) is 0 Å². The van der Waals surface area contributed by atoms with E-state index >= 15 is 0 Å². The van der Waals surface area contributed by atoms with Crippen molar-refractivity contribution in [3.8, 4) is 6.07 Å². The van der Waals surface area contributed by atoms with Crippen molar-refractivity contribution in [3.63, 3.8) is 0 Å². The molecule has 1 aromatic carbocycles. The van der Waals surface area contributed by atoms with Gasteiger partial charge in [0.15, 0.2) is 0 Å². The van der Waals surface area contributed by atoms with Gasteiger partial charge in [0.1, 0.15) is 0 Å². The molecule has 16 heavy (non-hydrogen) atoms. The zero-order chi connectivity index (χ0) is 11.6. The topological polar surface area (TPSA) is 35.8 Å². The molecule has 2 nitrogen and oxygen atoms in total. The SMILES string of the molecule is CCCC(Cc1ccccc1)NCCC#N. The van der Waals surface area contributed by atoms with Crippen LogP contribution in [0, 0.1) is 11.3 Å². The Morgan fingerprint density at radius 1 is 1.31 bits per heavy atom. The third kappa shape index (κ3) is 4.95. The Morgan fingerprint density at radius 3 is 2.69 bits per heavy atom. The first kappa shape index (κ1) is 12.7. The number of nitrogens with zero attached hydrogens (tertiary/aromatic N) is 1. The highest BCUT2D eigenvalue weighted by molar-refractivity contribution is 5.15. The normalized spacial score (nSPS) is 12.0. The fourth-order valence-electron chi connectivity index (χ4n) is 1.86. The molecule has 1 unspecified atom stereocenters. The van der Waals surface area contributed by atoms with Gasteiger partial charge >= 0.3 is 0 Å². The molecule has 0 saturated carbocycles. The second-order valence-corrected chi connectivity index (χ2v) is 4.04. The Morgan fingerprint density at radius 2 is 2.06 bits per heavy atom. The van der Waals surface area contributed by atoms with E-state index in [1.807, 2.05) is 6.07 Å². The molecule has 1 N–H and O–H groups in total. The fraction of sp³-hybridized carbons (Fsp3) is 0.500. The van der Waals surface area contributed by atoms with E-state index in [2.05, 4.69) is 42.6 Å². The first-order valence-electron chi connectivity index (χ1n) is 6.01. The molecular formula is C14H20N2. The summed E-state index contributed by atoms with van der Waals surface area (Å²) in [5, 5.41) is 12.0. The monoisotopic (exact) mass is 216 g/mol. The molecular weight excluding hydrogens is 196 g/mol. The van der Waals surface area contributed by atoms with Gasteiger partial charge in [-0.25, -0.2) is 0 Å². The molecule has 1 atom stereocenters. The van der Waals surface area contributed by atoms with Gasteiger partial charge in [-0.2, -0.15) is 5.26 Å². The molecule has 0 aliphatic carbocycles. The molecule has 0 fully saturated rings. The van der Waals surface area contributed by atoms with Crippen molar-refractivity contribution in [1.29, 1.82) is 5.26 Å². The second kappa shape index (κ2) is 7.90. The molecule has 1 rings (SSSR count). The van der Waals surface area contributed by atoms with Crippen LogP contribution >= 0.6 is 0 Å². The summed E-state index contributed by atoms with van der Waals surface area (Å²) >= 11 is 0. The van der Waals surface area contributed by atoms with Gasteiger partial charge in [0.2, 0.25) is 0 Å². The fourth-order valence-corrected chi connectivity index (χ4v) is 1.86. The number of benzene rings is 1. The maximum atomic E-state index is 8.51. The minimum absolute atomic E-state index is 0.501. The maximum absolute atomic E-state index is 8.51. The first-order valence-corrected chi connectivity index (χ1v) is 6.01. The predicted molar refractivity (Wildman–Crippen MR) is 67.1 cm³/mol. The summed E-state index contributed by atoms with van der Waals surface area (Å²) in [4.78, 5) is 0. The van der Waals surface area contributed by atoms with E-state index < -0.39 is 0 Å². The standard InChI is InChI=1S/C14H20N2/c1-2-7-14(16-11-6-10-15)12-13-8-4-3-5-9-13/h3-5,8-9,14,16H,2,6-7,11-12H2,1H3. The van der Waals surface area contributed by atoms with Crippen molar-refractivity contribution in [2.45, 2.75) is 38.6 Å². The van der Waals surface area contributed by atoms with Crippen molar-refractivity contribution in [2.75, 3.05) is 6.54 Å². The van der Waals surface area contributed by atoms with E-state index in [-0.39, 0.29) is 0 Å². The second-order valence-electron chi connectivity index (χ2n) is 4.04. The Balaban J connectivity index is 2.41. The van der Waals surface area contributed by atoms with Crippen molar-refractivity contribution >= 4 is 0 Å². The van der Waals surface area contributed by atoms with Crippen molar-refractivity contribution in [3.05, 3.63) is 35.9 Å². The molecule has 0 saturated heterocycles. The van der Waals surface area contributed by atoms with Crippen LogP contribution < -0.4 is 5.32 Å². The summed E-state index contributed by atoms with van der Waals surface area (Å²) in [6.45, 7) is 3.00. The third-order valence-electron chi connectivity index (χ3n) is 2.63. The Hall–Kier alpha value is -1.33. The van der Waals surface area contributed by atoms with E-state index in [0.717, 1.165) is 13.0 Å². The summed E-state index contributed by atoms with van der Waals surface area (Å²) in [5.41, 5.74) is 1.37. The highest BCUT2D eigenvalue weighted by Gasteiger charge is 2.07. The summed E-state index contributed by atoms with van der Waals surface area (Å²) in [7, 11) is 0. The largest absolute Gasteiger partial charge is 0.313 e. The van der Waals surface area contributed by atoms with Crippen LogP contribution in [-0.2, 0) is 6.42 Å². The molecule has 86 valence electrons. The zero-order valence-corrected chi connectivity index (χ0v) is 9.95. The van der Waals surface area contributed by atoms with Gasteiger partial charge in [-0.3, -0.25) is 0 Å². The minimum atomic E-state index is 0.501. The van der Waals surface area contributed by atoms with Crippen molar-refractivity contribution in [1.82, 2.24) is 5.32 Å². The van der Waals surface area contributed by atoms with Gasteiger partial charge < -0.3 is 5.32 Å². The van der Waals surface area contributed by atoms with E-state index in [4.69, 9.17) is 5.26 Å². The summed E-state index contributed by atoms with van der Waals surface area (Å²) in [5.74, 6) is 0. The molecule has 0 spiro atoms. The summed E-state index contributed by atoms with van der Waals surface area (Å²) in [6, 6.07) is 13.2. The van der Waals surface area contributed by atoms with Crippen LogP contribution in [0.4, 0.5) is 0 Å². The summed E-state index contributed by atoms with van der Waals surface area (Å²) < 4.78 is 0. The van der Waals surface area contributed by atoms with E-state index in [9.17, 15) is 0 Å². The van der Waals surface area contributed by atoms with E-state index in [0.29, 0.717) is 12.5 Å². The molecule has 0 aliphatic rings. The lowest BCUT2D eigenvalue weighted by molar-refractivity contribution is 0.478. The number of hydrogen-bond acceptors (Lipinski definition) is 2. The number of nitriles is 1. The molecule has 0 bridgehead atoms. The van der Waals surface area contributed by atoms with Crippen LogP contribution in [-0.4, -0.2) is 12.6 Å². The van der Waals surface area contributed by atoms with E-state index in [1.54, 1.807) is 0 Å². The average Bonchev–Trinajstić information content (AvgIpc) is 2.31. The summed E-state index contributed by atoms with van der Waals surface area (Å²) in [6.07, 6.45) is 3.99. The molecule has 0 aromatic heterocycles. The molecule has 1 aromatic rings. The van der Waals surface area contributed by atoms with Crippen LogP contribution in [0.15, 0.2) is 30.3 Å². The zero-order valence-electron chi connectivity index (χ0n) is 9.95. The molecule has 0 aliphatic heterocycles. The van der Waals surface area contributed by atoms with Crippen molar-refractivity contribution in [2.24, 2.45) is 0 Å². The van der Waals surface area contributed by atoms with Gasteiger partial charge in [0, 0.05) is 19.0 Å². The predicted octanol–water partition coefficient (Wildman–Crippen LogP) is 2.90. The van der Waals surface area contributed by atoms with Gasteiger partial charge in [-0.15, -0.1) is 0 Å². The maximum Gasteiger partial charge on any atom is 0.0635 e. The van der Waals surface area contributed by atoms with Gasteiger partial charge in [0.05, 0.1) is 6.07 Å². The number of nitrogens with one attached hydrogen (secondary N) is 1. The smallest absolute Gasteiger partial charge is 0.0635 e. The van der Waals surface area contributed by atoms with Crippen LogP contribution in [0.5, 0.6) is 0 Å². The first-order chi connectivity index (χ1) is 7.86. The lowest BCUT2D eigenvalue weighted by atomic mass is 10.0. The lowest BCUT2D eigenvalue weighted by Crippen LogP contribution is -2.31. The highest BCUT2D eigenvalue weighted by atomic mass is 14.9. The van der Waals surface area contributed by atoms with Crippen molar-refractivity contribution < 1.29 is 0 Å². The highest BCUT2D eigenvalue weighted by Crippen LogP contribution is 2.07. The Labute approximate surface area is 98.3 Å². The quantitative estimate of drug-likeness (QED) is 0.711. The van der Waals surface area contributed by atoms with Gasteiger partial charge in [-0.05, 0) is 18.4 Å². The van der Waals surface area contributed by atoms with Crippen LogP contribution in [0.2, 0.25) is 0 Å². The average molecular weight is 216 g/mol. The third-order valence-corrected chi connectivity index (χ3v) is 2.63. The lowest BCUT2D eigenvalue weighted by Gasteiger charge is -2.17. The molecule has 0 heterocycles. The molecule has 2 heteroatoms.